The van der Waals surface area contributed by atoms with Crippen molar-refractivity contribution in [2.45, 2.75) is 46.0 Å². The number of aryl methyl sites for hydroxylation is 1. The average molecular weight is 351 g/mol. The zero-order valence-electron chi connectivity index (χ0n) is 16.6. The molecule has 0 amide bonds. The van der Waals surface area contributed by atoms with E-state index in [1.807, 2.05) is 24.3 Å². The van der Waals surface area contributed by atoms with Gasteiger partial charge in [-0.2, -0.15) is 0 Å². The summed E-state index contributed by atoms with van der Waals surface area (Å²) < 4.78 is 0. The summed E-state index contributed by atoms with van der Waals surface area (Å²) >= 11 is 0. The van der Waals surface area contributed by atoms with Crippen LogP contribution in [0.1, 0.15) is 56.2 Å². The molecule has 2 rings (SSSR count). The molecule has 0 saturated heterocycles. The van der Waals surface area contributed by atoms with Crippen LogP contribution in [0.5, 0.6) is 0 Å². The number of rotatable bonds is 11. The van der Waals surface area contributed by atoms with Crippen molar-refractivity contribution in [3.63, 3.8) is 0 Å². The molecule has 140 valence electrons. The molecule has 0 saturated carbocycles. The van der Waals surface area contributed by atoms with Gasteiger partial charge < -0.3 is 10.2 Å². The smallest absolute Gasteiger partial charge is 0.0417 e. The highest BCUT2D eigenvalue weighted by atomic mass is 15.1. The fraction of sp³-hybridized carbons (Fsp3) is 0.417. The number of nitrogens with zero attached hydrogens (tertiary/aromatic N) is 1. The molecule has 2 aromatic rings. The van der Waals surface area contributed by atoms with Crippen LogP contribution in [0.15, 0.2) is 42.5 Å². The molecule has 2 aromatic carbocycles. The van der Waals surface area contributed by atoms with Crippen molar-refractivity contribution in [2.24, 2.45) is 0 Å². The number of anilines is 2. The van der Waals surface area contributed by atoms with Crippen molar-refractivity contribution >= 4 is 11.4 Å². The Morgan fingerprint density at radius 2 is 1.50 bits per heavy atom. The summed E-state index contributed by atoms with van der Waals surface area (Å²) in [6, 6.07) is 14.7. The first kappa shape index (κ1) is 20.5. The highest BCUT2D eigenvalue weighted by Crippen LogP contribution is 2.24. The maximum absolute atomic E-state index is 4.21. The summed E-state index contributed by atoms with van der Waals surface area (Å²) in [6.45, 7) is 16.3. The number of unbranched alkanes of at least 4 members (excludes halogenated alkanes) is 3. The van der Waals surface area contributed by atoms with E-state index in [0.717, 1.165) is 28.9 Å². The molecule has 0 aromatic heterocycles. The number of nitrogens with one attached hydrogen (secondary N) is 1. The maximum atomic E-state index is 4.21. The highest BCUT2D eigenvalue weighted by Gasteiger charge is 2.03. The third-order valence-corrected chi connectivity index (χ3v) is 5.04. The standard InChI is InChI=1S/C24H34N2/c1-5-26(6-2)18-12-8-7-9-14-22-16-17-24(21(4)19-22)25-23-15-11-10-13-20(23)3/h10-11,13,15-17,19,25H,3-9,12,14,18H2,1-2H3. The minimum atomic E-state index is 1.00. The lowest BCUT2D eigenvalue weighted by Gasteiger charge is -2.17. The van der Waals surface area contributed by atoms with Crippen LogP contribution in [0.4, 0.5) is 11.4 Å². The summed E-state index contributed by atoms with van der Waals surface area (Å²) in [4.78, 5) is 2.50. The predicted molar refractivity (Wildman–Crippen MR) is 115 cm³/mol. The molecule has 0 spiro atoms. The molecule has 0 aliphatic rings. The molecule has 1 N–H and O–H groups in total. The molecular weight excluding hydrogens is 316 g/mol. The molecule has 0 fully saturated rings. The van der Waals surface area contributed by atoms with E-state index in [1.54, 1.807) is 0 Å². The van der Waals surface area contributed by atoms with Crippen molar-refractivity contribution in [1.29, 1.82) is 0 Å². The van der Waals surface area contributed by atoms with Crippen LogP contribution in [0.2, 0.25) is 0 Å². The van der Waals surface area contributed by atoms with Gasteiger partial charge in [0.1, 0.15) is 0 Å². The Balaban J connectivity index is 1.76. The Morgan fingerprint density at radius 3 is 2.19 bits per heavy atom. The summed E-state index contributed by atoms with van der Waals surface area (Å²) in [5.74, 6) is 0. The Hall–Kier alpha value is -1.80. The number of hydrogen-bond donors (Lipinski definition) is 1. The van der Waals surface area contributed by atoms with Gasteiger partial charge in [-0.05, 0) is 81.6 Å². The Kier molecular flexibility index (Phi) is 8.70. The first-order chi connectivity index (χ1) is 12.6. The van der Waals surface area contributed by atoms with Gasteiger partial charge in [0.05, 0.1) is 0 Å². The van der Waals surface area contributed by atoms with Crippen molar-refractivity contribution in [1.82, 2.24) is 4.90 Å². The molecule has 2 heteroatoms. The molecule has 0 bridgehead atoms. The summed E-state index contributed by atoms with van der Waals surface area (Å²) in [5.41, 5.74) is 5.53. The van der Waals surface area contributed by atoms with Crippen molar-refractivity contribution < 1.29 is 0 Å². The van der Waals surface area contributed by atoms with Gasteiger partial charge in [-0.15, -0.1) is 0 Å². The second kappa shape index (κ2) is 11.0. The second-order valence-corrected chi connectivity index (χ2v) is 6.96. The van der Waals surface area contributed by atoms with Crippen molar-refractivity contribution in [3.8, 4) is 0 Å². The van der Waals surface area contributed by atoms with Crippen LogP contribution in [0, 0.1) is 13.8 Å². The fourth-order valence-corrected chi connectivity index (χ4v) is 3.27. The maximum Gasteiger partial charge on any atom is 0.0417 e. The third kappa shape index (κ3) is 6.49. The van der Waals surface area contributed by atoms with E-state index >= 15 is 0 Å². The molecule has 0 heterocycles. The lowest BCUT2D eigenvalue weighted by Crippen LogP contribution is -2.23. The van der Waals surface area contributed by atoms with Crippen LogP contribution >= 0.6 is 0 Å². The average Bonchev–Trinajstić information content (AvgIpc) is 2.65. The summed E-state index contributed by atoms with van der Waals surface area (Å²) in [6.07, 6.45) is 6.35. The van der Waals surface area contributed by atoms with E-state index < -0.39 is 0 Å². The summed E-state index contributed by atoms with van der Waals surface area (Å²) in [7, 11) is 0. The molecule has 2 nitrogen and oxygen atoms in total. The van der Waals surface area contributed by atoms with Gasteiger partial charge in [0, 0.05) is 11.4 Å². The van der Waals surface area contributed by atoms with E-state index in [2.05, 4.69) is 56.1 Å². The molecular formula is C24H34N2. The van der Waals surface area contributed by atoms with E-state index in [1.165, 1.54) is 50.9 Å². The van der Waals surface area contributed by atoms with Gasteiger partial charge in [-0.3, -0.25) is 0 Å². The lowest BCUT2D eigenvalue weighted by atomic mass is 10.0. The number of para-hydroxylation sites is 1. The number of benzene rings is 2. The van der Waals surface area contributed by atoms with Gasteiger partial charge >= 0.3 is 0 Å². The van der Waals surface area contributed by atoms with Crippen LogP contribution in [-0.2, 0) is 6.42 Å². The van der Waals surface area contributed by atoms with E-state index in [0.29, 0.717) is 0 Å². The van der Waals surface area contributed by atoms with Crippen LogP contribution < -0.4 is 5.32 Å². The topological polar surface area (TPSA) is 15.3 Å². The zero-order chi connectivity index (χ0) is 18.8. The van der Waals surface area contributed by atoms with Gasteiger partial charge in [0.25, 0.3) is 0 Å². The van der Waals surface area contributed by atoms with Gasteiger partial charge in [0.15, 0.2) is 0 Å². The molecule has 0 atom stereocenters. The minimum absolute atomic E-state index is 1.00. The lowest BCUT2D eigenvalue weighted by molar-refractivity contribution is 0.295. The van der Waals surface area contributed by atoms with Crippen molar-refractivity contribution in [3.05, 3.63) is 73.0 Å². The molecule has 0 unspecified atom stereocenters. The predicted octanol–water partition coefficient (Wildman–Crippen LogP) is 6.24. The second-order valence-electron chi connectivity index (χ2n) is 6.96. The monoisotopic (exact) mass is 350 g/mol. The van der Waals surface area contributed by atoms with Gasteiger partial charge in [0.2, 0.25) is 0 Å². The Labute approximate surface area is 160 Å². The fourth-order valence-electron chi connectivity index (χ4n) is 3.27. The van der Waals surface area contributed by atoms with E-state index in [9.17, 15) is 0 Å². The number of hydrogen-bond acceptors (Lipinski definition) is 2. The zero-order valence-corrected chi connectivity index (χ0v) is 16.6. The van der Waals surface area contributed by atoms with Gasteiger partial charge in [-0.25, -0.2) is 0 Å². The van der Waals surface area contributed by atoms with Crippen LogP contribution in [0.3, 0.4) is 0 Å². The Morgan fingerprint density at radius 1 is 0.808 bits per heavy atom. The van der Waals surface area contributed by atoms with Crippen molar-refractivity contribution in [2.75, 3.05) is 25.0 Å². The molecule has 2 radical (unpaired) electrons. The van der Waals surface area contributed by atoms with Crippen LogP contribution in [-0.4, -0.2) is 24.5 Å². The third-order valence-electron chi connectivity index (χ3n) is 5.04. The largest absolute Gasteiger partial charge is 0.355 e. The van der Waals surface area contributed by atoms with Crippen LogP contribution in [0.25, 0.3) is 0 Å². The van der Waals surface area contributed by atoms with Gasteiger partial charge in [-0.1, -0.05) is 57.0 Å². The van der Waals surface area contributed by atoms with E-state index in [4.69, 9.17) is 0 Å². The first-order valence-corrected chi connectivity index (χ1v) is 9.99. The molecule has 26 heavy (non-hydrogen) atoms. The first-order valence-electron chi connectivity index (χ1n) is 9.99. The quantitative estimate of drug-likeness (QED) is 0.483. The molecule has 0 aliphatic carbocycles. The summed E-state index contributed by atoms with van der Waals surface area (Å²) in [5, 5.41) is 3.44. The molecule has 0 aliphatic heterocycles. The van der Waals surface area contributed by atoms with E-state index in [-0.39, 0.29) is 0 Å². The minimum Gasteiger partial charge on any atom is -0.355 e. The normalized spacial score (nSPS) is 11.1. The SMILES string of the molecule is [CH2]c1ccccc1Nc1ccc(CCCCCCN(CC)CC)cc1[CH2]. The highest BCUT2D eigenvalue weighted by molar-refractivity contribution is 5.67. The Bertz CT molecular complexity index is 659.